The molecule has 0 spiro atoms. The molecular formula is C12H23NO3. The van der Waals surface area contributed by atoms with E-state index in [0.29, 0.717) is 12.3 Å². The predicted octanol–water partition coefficient (Wildman–Crippen LogP) is 2.13. The van der Waals surface area contributed by atoms with E-state index in [9.17, 15) is 9.59 Å². The van der Waals surface area contributed by atoms with Crippen molar-refractivity contribution >= 4 is 11.9 Å². The molecule has 0 aromatic heterocycles. The van der Waals surface area contributed by atoms with Crippen LogP contribution < -0.4 is 0 Å². The Kier molecular flexibility index (Phi) is 5.48. The van der Waals surface area contributed by atoms with E-state index in [1.165, 1.54) is 4.90 Å². The summed E-state index contributed by atoms with van der Waals surface area (Å²) in [6.07, 6.45) is 1.35. The van der Waals surface area contributed by atoms with Gasteiger partial charge in [0.25, 0.3) is 0 Å². The lowest BCUT2D eigenvalue weighted by atomic mass is 10.0. The van der Waals surface area contributed by atoms with Crippen molar-refractivity contribution in [3.05, 3.63) is 0 Å². The van der Waals surface area contributed by atoms with Crippen LogP contribution >= 0.6 is 0 Å². The molecule has 4 nitrogen and oxygen atoms in total. The lowest BCUT2D eigenvalue weighted by Gasteiger charge is -2.35. The van der Waals surface area contributed by atoms with Crippen molar-refractivity contribution in [1.29, 1.82) is 0 Å². The van der Waals surface area contributed by atoms with Crippen molar-refractivity contribution in [2.24, 2.45) is 5.92 Å². The zero-order chi connectivity index (χ0) is 12.9. The van der Waals surface area contributed by atoms with E-state index >= 15 is 0 Å². The van der Waals surface area contributed by atoms with Crippen LogP contribution in [0.4, 0.5) is 0 Å². The molecule has 0 radical (unpaired) electrons. The van der Waals surface area contributed by atoms with Gasteiger partial charge in [0.1, 0.15) is 6.54 Å². The molecule has 4 heteroatoms. The van der Waals surface area contributed by atoms with Crippen LogP contribution in [-0.4, -0.2) is 34.0 Å². The van der Waals surface area contributed by atoms with Crippen LogP contribution in [0.3, 0.4) is 0 Å². The first-order chi connectivity index (χ1) is 7.18. The molecule has 0 aromatic rings. The third-order valence-electron chi connectivity index (χ3n) is 2.62. The van der Waals surface area contributed by atoms with Gasteiger partial charge in [-0.1, -0.05) is 20.3 Å². The summed E-state index contributed by atoms with van der Waals surface area (Å²) in [4.78, 5) is 24.1. The summed E-state index contributed by atoms with van der Waals surface area (Å²) in [6.45, 7) is 9.36. The number of nitrogens with zero attached hydrogens (tertiary/aromatic N) is 1. The van der Waals surface area contributed by atoms with Crippen LogP contribution in [0.2, 0.25) is 0 Å². The first-order valence-corrected chi connectivity index (χ1v) is 5.70. The number of carboxylic acids is 1. The summed E-state index contributed by atoms with van der Waals surface area (Å²) in [5, 5.41) is 8.79. The van der Waals surface area contributed by atoms with E-state index in [4.69, 9.17) is 5.11 Å². The smallest absolute Gasteiger partial charge is 0.323 e. The van der Waals surface area contributed by atoms with Crippen LogP contribution in [0.15, 0.2) is 0 Å². The molecule has 94 valence electrons. The Morgan fingerprint density at radius 3 is 2.12 bits per heavy atom. The maximum atomic E-state index is 12.0. The van der Waals surface area contributed by atoms with Gasteiger partial charge in [0.2, 0.25) is 5.91 Å². The van der Waals surface area contributed by atoms with E-state index in [-0.39, 0.29) is 12.5 Å². The highest BCUT2D eigenvalue weighted by molar-refractivity contribution is 5.82. The average molecular weight is 229 g/mol. The summed E-state index contributed by atoms with van der Waals surface area (Å²) < 4.78 is 0. The molecule has 0 rings (SSSR count). The van der Waals surface area contributed by atoms with Crippen molar-refractivity contribution in [2.45, 2.75) is 53.0 Å². The Balaban J connectivity index is 4.64. The number of carbonyl (C=O) groups is 2. The number of carbonyl (C=O) groups excluding carboxylic acids is 1. The van der Waals surface area contributed by atoms with E-state index in [0.717, 1.165) is 6.42 Å². The van der Waals surface area contributed by atoms with Crippen molar-refractivity contribution in [3.8, 4) is 0 Å². The summed E-state index contributed by atoms with van der Waals surface area (Å²) in [6, 6.07) is 0. The van der Waals surface area contributed by atoms with Gasteiger partial charge in [0.05, 0.1) is 0 Å². The molecule has 0 aliphatic rings. The molecule has 0 heterocycles. The molecule has 0 saturated heterocycles. The SMILES string of the molecule is CCC(C)CC(=O)N(CC(=O)O)C(C)(C)C. The summed E-state index contributed by atoms with van der Waals surface area (Å²) in [5.74, 6) is -0.747. The number of hydrogen-bond acceptors (Lipinski definition) is 2. The van der Waals surface area contributed by atoms with E-state index in [1.54, 1.807) is 0 Å². The topological polar surface area (TPSA) is 57.6 Å². The summed E-state index contributed by atoms with van der Waals surface area (Å²) in [7, 11) is 0. The fraction of sp³-hybridized carbons (Fsp3) is 0.833. The number of amides is 1. The number of aliphatic carboxylic acids is 1. The monoisotopic (exact) mass is 229 g/mol. The molecule has 0 fully saturated rings. The Morgan fingerprint density at radius 2 is 1.81 bits per heavy atom. The highest BCUT2D eigenvalue weighted by Gasteiger charge is 2.28. The van der Waals surface area contributed by atoms with Gasteiger partial charge in [-0.2, -0.15) is 0 Å². The Bertz CT molecular complexity index is 255. The fourth-order valence-corrected chi connectivity index (χ4v) is 1.39. The van der Waals surface area contributed by atoms with E-state index in [2.05, 4.69) is 0 Å². The molecular weight excluding hydrogens is 206 g/mol. The van der Waals surface area contributed by atoms with Gasteiger partial charge in [-0.15, -0.1) is 0 Å². The minimum absolute atomic E-state index is 0.0794. The second-order valence-electron chi connectivity index (χ2n) is 5.26. The quantitative estimate of drug-likeness (QED) is 0.785. The van der Waals surface area contributed by atoms with Gasteiger partial charge in [0, 0.05) is 12.0 Å². The minimum atomic E-state index is -0.965. The van der Waals surface area contributed by atoms with Crippen LogP contribution in [0.1, 0.15) is 47.5 Å². The number of carboxylic acid groups (broad SMARTS) is 1. The molecule has 0 saturated carbocycles. The molecule has 0 aliphatic heterocycles. The maximum Gasteiger partial charge on any atom is 0.323 e. The van der Waals surface area contributed by atoms with Crippen molar-refractivity contribution < 1.29 is 14.7 Å². The third kappa shape index (κ3) is 5.14. The summed E-state index contributed by atoms with van der Waals surface area (Å²) >= 11 is 0. The first-order valence-electron chi connectivity index (χ1n) is 5.70. The third-order valence-corrected chi connectivity index (χ3v) is 2.62. The first kappa shape index (κ1) is 14.9. The predicted molar refractivity (Wildman–Crippen MR) is 63.2 cm³/mol. The van der Waals surface area contributed by atoms with Crippen LogP contribution in [0, 0.1) is 5.92 Å². The van der Waals surface area contributed by atoms with E-state index in [1.807, 2.05) is 34.6 Å². The van der Waals surface area contributed by atoms with Crippen molar-refractivity contribution in [3.63, 3.8) is 0 Å². The van der Waals surface area contributed by atoms with Crippen LogP contribution in [0.25, 0.3) is 0 Å². The fourth-order valence-electron chi connectivity index (χ4n) is 1.39. The highest BCUT2D eigenvalue weighted by atomic mass is 16.4. The van der Waals surface area contributed by atoms with Crippen molar-refractivity contribution in [2.75, 3.05) is 6.54 Å². The van der Waals surface area contributed by atoms with Crippen molar-refractivity contribution in [1.82, 2.24) is 4.90 Å². The molecule has 16 heavy (non-hydrogen) atoms. The highest BCUT2D eigenvalue weighted by Crippen LogP contribution is 2.17. The molecule has 1 unspecified atom stereocenters. The van der Waals surface area contributed by atoms with Gasteiger partial charge in [-0.05, 0) is 26.7 Å². The van der Waals surface area contributed by atoms with Gasteiger partial charge < -0.3 is 10.0 Å². The Morgan fingerprint density at radius 1 is 1.31 bits per heavy atom. The average Bonchev–Trinajstić information content (AvgIpc) is 2.11. The normalized spacial score (nSPS) is 13.3. The Hall–Kier alpha value is -1.06. The van der Waals surface area contributed by atoms with E-state index < -0.39 is 11.5 Å². The number of rotatable bonds is 5. The molecule has 1 N–H and O–H groups in total. The molecule has 1 atom stereocenters. The molecule has 0 aromatic carbocycles. The lowest BCUT2D eigenvalue weighted by Crippen LogP contribution is -2.48. The van der Waals surface area contributed by atoms with Gasteiger partial charge in [0.15, 0.2) is 0 Å². The van der Waals surface area contributed by atoms with Gasteiger partial charge >= 0.3 is 5.97 Å². The zero-order valence-corrected chi connectivity index (χ0v) is 10.9. The maximum absolute atomic E-state index is 12.0. The van der Waals surface area contributed by atoms with Crippen LogP contribution in [-0.2, 0) is 9.59 Å². The minimum Gasteiger partial charge on any atom is -0.480 e. The second kappa shape index (κ2) is 5.87. The van der Waals surface area contributed by atoms with Gasteiger partial charge in [-0.3, -0.25) is 9.59 Å². The molecule has 0 bridgehead atoms. The molecule has 0 aliphatic carbocycles. The lowest BCUT2D eigenvalue weighted by molar-refractivity contribution is -0.148. The summed E-state index contributed by atoms with van der Waals surface area (Å²) in [5.41, 5.74) is -0.442. The second-order valence-corrected chi connectivity index (χ2v) is 5.26. The van der Waals surface area contributed by atoms with Gasteiger partial charge in [-0.25, -0.2) is 0 Å². The zero-order valence-electron chi connectivity index (χ0n) is 10.9. The standard InChI is InChI=1S/C12H23NO3/c1-6-9(2)7-10(14)13(8-11(15)16)12(3,4)5/h9H,6-8H2,1-5H3,(H,15,16). The van der Waals surface area contributed by atoms with Crippen LogP contribution in [0.5, 0.6) is 0 Å². The number of hydrogen-bond donors (Lipinski definition) is 1. The molecule has 1 amide bonds. The Labute approximate surface area is 97.6 Å². The largest absolute Gasteiger partial charge is 0.480 e.